The zero-order valence-corrected chi connectivity index (χ0v) is 10.5. The number of benzene rings is 1. The van der Waals surface area contributed by atoms with E-state index in [-0.39, 0.29) is 12.5 Å². The number of aliphatic hydroxyl groups is 1. The zero-order chi connectivity index (χ0) is 13.0. The van der Waals surface area contributed by atoms with Gasteiger partial charge in [0.25, 0.3) is 5.91 Å². The molecule has 2 rings (SSSR count). The van der Waals surface area contributed by atoms with E-state index < -0.39 is 0 Å². The van der Waals surface area contributed by atoms with Crippen molar-refractivity contribution in [1.82, 2.24) is 5.32 Å². The minimum Gasteiger partial charge on any atom is -0.384 e. The van der Waals surface area contributed by atoms with Crippen LogP contribution in [-0.4, -0.2) is 24.2 Å². The summed E-state index contributed by atoms with van der Waals surface area (Å²) in [4.78, 5) is 12.0. The summed E-state index contributed by atoms with van der Waals surface area (Å²) in [6.45, 7) is 2.51. The Morgan fingerprint density at radius 1 is 1.50 bits per heavy atom. The maximum absolute atomic E-state index is 12.0. The van der Waals surface area contributed by atoms with Gasteiger partial charge in [-0.15, -0.1) is 0 Å². The van der Waals surface area contributed by atoms with Crippen molar-refractivity contribution in [3.05, 3.63) is 34.9 Å². The van der Waals surface area contributed by atoms with Gasteiger partial charge < -0.3 is 10.4 Å². The van der Waals surface area contributed by atoms with Gasteiger partial charge in [-0.1, -0.05) is 17.9 Å². The molecule has 0 unspecified atom stereocenters. The summed E-state index contributed by atoms with van der Waals surface area (Å²) in [6.07, 6.45) is 2.45. The highest BCUT2D eigenvalue weighted by atomic mass is 16.2. The number of nitrogens with one attached hydrogen (secondary N) is 1. The fourth-order valence-electron chi connectivity index (χ4n) is 1.74. The molecule has 0 radical (unpaired) electrons. The van der Waals surface area contributed by atoms with Crippen molar-refractivity contribution in [2.75, 3.05) is 13.2 Å². The fourth-order valence-corrected chi connectivity index (χ4v) is 1.74. The lowest BCUT2D eigenvalue weighted by atomic mass is 10.0. The van der Waals surface area contributed by atoms with E-state index in [1.807, 2.05) is 19.1 Å². The van der Waals surface area contributed by atoms with Crippen molar-refractivity contribution in [3.8, 4) is 11.8 Å². The first-order valence-corrected chi connectivity index (χ1v) is 6.19. The number of aliphatic hydroxyl groups excluding tert-OH is 1. The van der Waals surface area contributed by atoms with Crippen LogP contribution in [0.15, 0.2) is 18.2 Å². The van der Waals surface area contributed by atoms with Crippen LogP contribution in [0, 0.1) is 24.7 Å². The molecule has 1 saturated carbocycles. The average molecular weight is 243 g/mol. The van der Waals surface area contributed by atoms with Gasteiger partial charge in [0, 0.05) is 17.7 Å². The Balaban J connectivity index is 2.11. The van der Waals surface area contributed by atoms with Gasteiger partial charge in [-0.05, 0) is 43.4 Å². The van der Waals surface area contributed by atoms with Gasteiger partial charge in [-0.3, -0.25) is 4.79 Å². The molecule has 1 aromatic carbocycles. The molecule has 1 aromatic rings. The van der Waals surface area contributed by atoms with Crippen molar-refractivity contribution in [1.29, 1.82) is 0 Å². The molecule has 1 fully saturated rings. The molecule has 94 valence electrons. The van der Waals surface area contributed by atoms with Crippen molar-refractivity contribution < 1.29 is 9.90 Å². The second-order valence-corrected chi connectivity index (χ2v) is 4.64. The Labute approximate surface area is 107 Å². The van der Waals surface area contributed by atoms with Gasteiger partial charge in [0.15, 0.2) is 0 Å². The number of aryl methyl sites for hydroxylation is 1. The van der Waals surface area contributed by atoms with Crippen LogP contribution in [0.25, 0.3) is 0 Å². The molecule has 0 spiro atoms. The Kier molecular flexibility index (Phi) is 4.01. The lowest BCUT2D eigenvalue weighted by Crippen LogP contribution is -2.26. The van der Waals surface area contributed by atoms with E-state index in [4.69, 9.17) is 5.11 Å². The van der Waals surface area contributed by atoms with E-state index in [9.17, 15) is 4.79 Å². The molecule has 0 heterocycles. The van der Waals surface area contributed by atoms with Gasteiger partial charge in [0.1, 0.15) is 6.61 Å². The minimum atomic E-state index is -0.170. The highest BCUT2D eigenvalue weighted by Crippen LogP contribution is 2.27. The summed E-state index contributed by atoms with van der Waals surface area (Å²) in [7, 11) is 0. The summed E-state index contributed by atoms with van der Waals surface area (Å²) in [5.74, 6) is 6.04. The third-order valence-electron chi connectivity index (χ3n) is 3.04. The molecular formula is C15H17NO2. The van der Waals surface area contributed by atoms with Gasteiger partial charge in [0.05, 0.1) is 0 Å². The predicted octanol–water partition coefficient (Wildman–Crippen LogP) is 1.48. The molecule has 0 aliphatic heterocycles. The van der Waals surface area contributed by atoms with Gasteiger partial charge in [0.2, 0.25) is 0 Å². The Hall–Kier alpha value is -1.79. The van der Waals surface area contributed by atoms with E-state index in [2.05, 4.69) is 17.2 Å². The van der Waals surface area contributed by atoms with Crippen LogP contribution in [0.4, 0.5) is 0 Å². The van der Waals surface area contributed by atoms with Crippen LogP contribution in [0.2, 0.25) is 0 Å². The van der Waals surface area contributed by atoms with E-state index in [1.165, 1.54) is 12.8 Å². The second kappa shape index (κ2) is 5.70. The smallest absolute Gasteiger partial charge is 0.251 e. The number of rotatable bonds is 3. The normalized spacial score (nSPS) is 13.7. The molecular weight excluding hydrogens is 226 g/mol. The molecule has 1 aliphatic rings. The van der Waals surface area contributed by atoms with Crippen molar-refractivity contribution in [2.45, 2.75) is 19.8 Å². The lowest BCUT2D eigenvalue weighted by molar-refractivity contribution is 0.0951. The third kappa shape index (κ3) is 3.35. The van der Waals surface area contributed by atoms with Crippen LogP contribution < -0.4 is 5.32 Å². The molecule has 2 N–H and O–H groups in total. The van der Waals surface area contributed by atoms with Gasteiger partial charge in [-0.25, -0.2) is 0 Å². The van der Waals surface area contributed by atoms with Gasteiger partial charge >= 0.3 is 0 Å². The first-order chi connectivity index (χ1) is 8.70. The molecule has 3 nitrogen and oxygen atoms in total. The number of hydrogen-bond donors (Lipinski definition) is 2. The SMILES string of the molecule is Cc1ccc(C#CCO)cc1C(=O)NCC1CC1. The number of carbonyl (C=O) groups excluding carboxylic acids is 1. The summed E-state index contributed by atoms with van der Waals surface area (Å²) < 4.78 is 0. The third-order valence-corrected chi connectivity index (χ3v) is 3.04. The van der Waals surface area contributed by atoms with E-state index in [1.54, 1.807) is 6.07 Å². The van der Waals surface area contributed by atoms with Crippen LogP contribution in [0.1, 0.15) is 34.3 Å². The van der Waals surface area contributed by atoms with Crippen LogP contribution >= 0.6 is 0 Å². The molecule has 0 atom stereocenters. The quantitative estimate of drug-likeness (QED) is 0.790. The molecule has 0 bridgehead atoms. The van der Waals surface area contributed by atoms with Crippen LogP contribution in [0.5, 0.6) is 0 Å². The number of hydrogen-bond acceptors (Lipinski definition) is 2. The van der Waals surface area contributed by atoms with E-state index >= 15 is 0 Å². The van der Waals surface area contributed by atoms with E-state index in [0.29, 0.717) is 11.5 Å². The second-order valence-electron chi connectivity index (χ2n) is 4.64. The predicted molar refractivity (Wildman–Crippen MR) is 70.2 cm³/mol. The summed E-state index contributed by atoms with van der Waals surface area (Å²) in [5.41, 5.74) is 2.37. The van der Waals surface area contributed by atoms with Gasteiger partial charge in [-0.2, -0.15) is 0 Å². The van der Waals surface area contributed by atoms with Crippen LogP contribution in [0.3, 0.4) is 0 Å². The molecule has 1 aliphatic carbocycles. The standard InChI is InChI=1S/C15H17NO2/c1-11-4-5-12(3-2-8-17)9-14(11)15(18)16-10-13-6-7-13/h4-5,9,13,17H,6-8,10H2,1H3,(H,16,18). The molecule has 1 amide bonds. The highest BCUT2D eigenvalue weighted by Gasteiger charge is 2.22. The Morgan fingerprint density at radius 2 is 2.28 bits per heavy atom. The maximum Gasteiger partial charge on any atom is 0.251 e. The van der Waals surface area contributed by atoms with Crippen molar-refractivity contribution in [3.63, 3.8) is 0 Å². The highest BCUT2D eigenvalue weighted by molar-refractivity contribution is 5.96. The van der Waals surface area contributed by atoms with Crippen molar-refractivity contribution in [2.24, 2.45) is 5.92 Å². The molecule has 0 saturated heterocycles. The number of carbonyl (C=O) groups is 1. The van der Waals surface area contributed by atoms with Crippen molar-refractivity contribution >= 4 is 5.91 Å². The van der Waals surface area contributed by atoms with Crippen LogP contribution in [-0.2, 0) is 0 Å². The first-order valence-electron chi connectivity index (χ1n) is 6.19. The summed E-state index contributed by atoms with van der Waals surface area (Å²) in [5, 5.41) is 11.6. The monoisotopic (exact) mass is 243 g/mol. The molecule has 3 heteroatoms. The summed E-state index contributed by atoms with van der Waals surface area (Å²) >= 11 is 0. The largest absolute Gasteiger partial charge is 0.384 e. The number of amides is 1. The Morgan fingerprint density at radius 3 is 2.94 bits per heavy atom. The van der Waals surface area contributed by atoms with E-state index in [0.717, 1.165) is 17.7 Å². The summed E-state index contributed by atoms with van der Waals surface area (Å²) in [6, 6.07) is 5.52. The average Bonchev–Trinajstić information content (AvgIpc) is 3.19. The lowest BCUT2D eigenvalue weighted by Gasteiger charge is -2.07. The topological polar surface area (TPSA) is 49.3 Å². The first kappa shape index (κ1) is 12.7. The zero-order valence-electron chi connectivity index (χ0n) is 10.5. The molecule has 0 aromatic heterocycles. The Bertz CT molecular complexity index is 507. The molecule has 18 heavy (non-hydrogen) atoms. The fraction of sp³-hybridized carbons (Fsp3) is 0.400. The minimum absolute atomic E-state index is 0.0351. The maximum atomic E-state index is 12.0.